The van der Waals surface area contributed by atoms with Crippen molar-refractivity contribution in [3.63, 3.8) is 0 Å². The van der Waals surface area contributed by atoms with E-state index in [-0.39, 0.29) is 56.4 Å². The Balaban J connectivity index is 0. The van der Waals surface area contributed by atoms with E-state index in [1.807, 2.05) is 0 Å². The van der Waals surface area contributed by atoms with Crippen LogP contribution in [0.25, 0.3) is 11.2 Å². The molecule has 18 heavy (non-hydrogen) atoms. The maximum Gasteiger partial charge on any atom is 2.00 e. The fourth-order valence-corrected chi connectivity index (χ4v) is 1.64. The molecule has 0 bridgehead atoms. The van der Waals surface area contributed by atoms with Crippen molar-refractivity contribution >= 4 is 11.4 Å². The van der Waals surface area contributed by atoms with Gasteiger partial charge in [0.15, 0.2) is 0 Å². The first-order valence-corrected chi connectivity index (χ1v) is 4.39. The third kappa shape index (κ3) is 3.47. The molecule has 0 spiro atoms. The first-order chi connectivity index (χ1) is 7.24. The van der Waals surface area contributed by atoms with E-state index in [2.05, 4.69) is 4.79 Å². The van der Waals surface area contributed by atoms with Gasteiger partial charge in [0, 0.05) is 6.08 Å². The van der Waals surface area contributed by atoms with Crippen LogP contribution in [0.2, 0.25) is 0 Å². The van der Waals surface area contributed by atoms with Gasteiger partial charge >= 0.3 is 25.2 Å². The second-order valence-electron chi connectivity index (χ2n) is 3.14. The molecule has 1 aliphatic carbocycles. The van der Waals surface area contributed by atoms with Crippen molar-refractivity contribution in [2.75, 3.05) is 0 Å². The van der Waals surface area contributed by atoms with Crippen molar-refractivity contribution in [2.45, 2.75) is 6.42 Å². The Hall–Kier alpha value is -1.06. The average Bonchev–Trinajstić information content (AvgIpc) is 2.27. The molecule has 1 aliphatic rings. The molecule has 0 aliphatic heterocycles. The molecule has 0 saturated carbocycles. The standard InChI is InChI=1S/C10H7N3O2.2ClH.Zn/c11-12-9-5-6-10(13(14)15)8-4-2-1-3-7(8)9;;;/h1-4,6H,5H2;2*1H;/q;;;+2/p-2. The average molecular weight is 337 g/mol. The van der Waals surface area contributed by atoms with Crippen molar-refractivity contribution in [1.82, 2.24) is 0 Å². The zero-order valence-electron chi connectivity index (χ0n) is 9.22. The molecule has 0 amide bonds. The minimum absolute atomic E-state index is 0. The number of nitrogens with zero attached hydrogens (tertiary/aromatic N) is 3. The van der Waals surface area contributed by atoms with Gasteiger partial charge in [-0.1, -0.05) is 12.1 Å². The molecule has 0 heterocycles. The van der Waals surface area contributed by atoms with Crippen LogP contribution in [-0.2, 0) is 19.5 Å². The molecule has 5 nitrogen and oxygen atoms in total. The Labute approximate surface area is 129 Å². The van der Waals surface area contributed by atoms with Gasteiger partial charge < -0.3 is 30.3 Å². The van der Waals surface area contributed by atoms with Gasteiger partial charge in [-0.3, -0.25) is 10.1 Å². The summed E-state index contributed by atoms with van der Waals surface area (Å²) in [7, 11) is 0. The molecule has 0 radical (unpaired) electrons. The quantitative estimate of drug-likeness (QED) is 0.171. The smallest absolute Gasteiger partial charge is 1.00 e. The first kappa shape index (κ1) is 19.3. The second-order valence-corrected chi connectivity index (χ2v) is 3.14. The number of hydrogen-bond acceptors (Lipinski definition) is 2. The van der Waals surface area contributed by atoms with Gasteiger partial charge in [-0.15, -0.1) is 0 Å². The predicted molar refractivity (Wildman–Crippen MR) is 53.8 cm³/mol. The van der Waals surface area contributed by atoms with Gasteiger partial charge in [0.05, 0.1) is 22.5 Å². The Morgan fingerprint density at radius 1 is 1.22 bits per heavy atom. The van der Waals surface area contributed by atoms with Crippen molar-refractivity contribution < 1.29 is 54.0 Å². The van der Waals surface area contributed by atoms with Gasteiger partial charge in [-0.2, -0.15) is 4.79 Å². The van der Waals surface area contributed by atoms with Crippen molar-refractivity contribution in [1.29, 1.82) is 0 Å². The van der Waals surface area contributed by atoms with E-state index in [0.29, 0.717) is 16.8 Å². The summed E-state index contributed by atoms with van der Waals surface area (Å²) in [6, 6.07) is 6.83. The Morgan fingerprint density at radius 3 is 2.28 bits per heavy atom. The van der Waals surface area contributed by atoms with Crippen molar-refractivity contribution in [3.05, 3.63) is 57.1 Å². The van der Waals surface area contributed by atoms with Crippen LogP contribution in [-0.4, -0.2) is 15.4 Å². The van der Waals surface area contributed by atoms with E-state index < -0.39 is 4.92 Å². The van der Waals surface area contributed by atoms with Crippen LogP contribution < -0.4 is 24.8 Å². The molecule has 2 rings (SSSR count). The van der Waals surface area contributed by atoms with Crippen LogP contribution in [0, 0.1) is 10.1 Å². The van der Waals surface area contributed by atoms with E-state index in [1.54, 1.807) is 24.3 Å². The monoisotopic (exact) mass is 335 g/mol. The molecular formula is C10H7Cl2N3O2Zn. The summed E-state index contributed by atoms with van der Waals surface area (Å²) in [5.41, 5.74) is 10.4. The van der Waals surface area contributed by atoms with E-state index in [9.17, 15) is 10.1 Å². The Morgan fingerprint density at radius 2 is 1.78 bits per heavy atom. The molecule has 0 fully saturated rings. The molecule has 0 atom stereocenters. The molecule has 90 valence electrons. The van der Waals surface area contributed by atoms with Crippen LogP contribution in [0.4, 0.5) is 0 Å². The number of rotatable bonds is 1. The molecule has 0 N–H and O–H groups in total. The summed E-state index contributed by atoms with van der Waals surface area (Å²) in [6.07, 6.45) is 1.74. The fraction of sp³-hybridized carbons (Fsp3) is 0.100. The van der Waals surface area contributed by atoms with Crippen LogP contribution in [0.3, 0.4) is 0 Å². The Bertz CT molecular complexity index is 528. The third-order valence-corrected chi connectivity index (χ3v) is 2.32. The molecule has 1 aromatic carbocycles. The molecule has 0 unspecified atom stereocenters. The Kier molecular flexibility index (Phi) is 8.70. The second kappa shape index (κ2) is 8.12. The van der Waals surface area contributed by atoms with Gasteiger partial charge in [0.25, 0.3) is 5.70 Å². The fourth-order valence-electron chi connectivity index (χ4n) is 1.64. The summed E-state index contributed by atoms with van der Waals surface area (Å²) >= 11 is 0. The van der Waals surface area contributed by atoms with Crippen molar-refractivity contribution in [2.24, 2.45) is 0 Å². The number of halogens is 2. The van der Waals surface area contributed by atoms with Crippen LogP contribution in [0.1, 0.15) is 17.5 Å². The first-order valence-electron chi connectivity index (χ1n) is 4.39. The van der Waals surface area contributed by atoms with Crippen molar-refractivity contribution in [3.8, 4) is 0 Å². The number of hydrogen-bond donors (Lipinski definition) is 0. The zero-order chi connectivity index (χ0) is 10.8. The number of benzene rings is 1. The molecular weight excluding hydrogens is 330 g/mol. The number of nitro groups is 1. The minimum atomic E-state index is -0.424. The van der Waals surface area contributed by atoms with E-state index >= 15 is 0 Å². The summed E-state index contributed by atoms with van der Waals surface area (Å²) in [5.74, 6) is 0. The third-order valence-electron chi connectivity index (χ3n) is 2.32. The largest absolute Gasteiger partial charge is 2.00 e. The SMILES string of the molecule is [Cl-].[Cl-].[N-]=[N+]=C1CC=C([N+](=O)[O-])c2ccccc21.[Zn+2]. The van der Waals surface area contributed by atoms with Crippen LogP contribution in [0.5, 0.6) is 0 Å². The van der Waals surface area contributed by atoms with E-state index in [4.69, 9.17) is 5.53 Å². The number of fused-ring (bicyclic) bond motifs is 1. The normalized spacial score (nSPS) is 11.6. The summed E-state index contributed by atoms with van der Waals surface area (Å²) < 4.78 is 0. The van der Waals surface area contributed by atoms with Gasteiger partial charge in [0.1, 0.15) is 0 Å². The predicted octanol–water partition coefficient (Wildman–Crippen LogP) is -4.27. The molecule has 8 heteroatoms. The minimum Gasteiger partial charge on any atom is -1.00 e. The zero-order valence-corrected chi connectivity index (χ0v) is 13.7. The van der Waals surface area contributed by atoms with Gasteiger partial charge in [0.2, 0.25) is 0 Å². The molecule has 0 saturated heterocycles. The van der Waals surface area contributed by atoms with Gasteiger partial charge in [-0.25, -0.2) is 0 Å². The number of allylic oxidation sites excluding steroid dienone is 1. The summed E-state index contributed by atoms with van der Waals surface area (Å²) in [4.78, 5) is 13.5. The summed E-state index contributed by atoms with van der Waals surface area (Å²) in [6.45, 7) is 0. The van der Waals surface area contributed by atoms with E-state index in [0.717, 1.165) is 0 Å². The van der Waals surface area contributed by atoms with Crippen LogP contribution >= 0.6 is 0 Å². The summed E-state index contributed by atoms with van der Waals surface area (Å²) in [5, 5.41) is 10.7. The van der Waals surface area contributed by atoms with Gasteiger partial charge in [-0.05, 0) is 12.1 Å². The van der Waals surface area contributed by atoms with Crippen LogP contribution in [0.15, 0.2) is 30.3 Å². The maximum atomic E-state index is 10.7. The topological polar surface area (TPSA) is 79.5 Å². The molecule has 0 aromatic heterocycles. The maximum absolute atomic E-state index is 10.7. The molecule has 1 aromatic rings. The van der Waals surface area contributed by atoms with E-state index in [1.165, 1.54) is 6.08 Å².